The second-order valence-electron chi connectivity index (χ2n) is 13.9. The summed E-state index contributed by atoms with van der Waals surface area (Å²) in [6, 6.07) is 24.6. The van der Waals surface area contributed by atoms with Crippen molar-refractivity contribution in [3.05, 3.63) is 129 Å². The van der Waals surface area contributed by atoms with Gasteiger partial charge >= 0.3 is 115 Å². The van der Waals surface area contributed by atoms with Crippen molar-refractivity contribution in [3.63, 3.8) is 0 Å². The minimum absolute atomic E-state index is 0. The molecule has 0 saturated carbocycles. The number of carbonyl (C=O) groups excluding carboxylic acids is 7. The van der Waals surface area contributed by atoms with Crippen molar-refractivity contribution in [1.29, 1.82) is 0 Å². The number of alkyl halides is 3. The van der Waals surface area contributed by atoms with Crippen LogP contribution in [0.3, 0.4) is 0 Å². The smallest absolute Gasteiger partial charge is 0.870 e. The molecule has 67 heavy (non-hydrogen) atoms. The summed E-state index contributed by atoms with van der Waals surface area (Å²) >= 11 is 10.2. The Kier molecular flexibility index (Phi) is 32.6. The Balaban J connectivity index is 0.00000102. The molecule has 350 valence electrons. The van der Waals surface area contributed by atoms with E-state index in [2.05, 4.69) is 81.5 Å². The second-order valence-corrected chi connectivity index (χ2v) is 15.6. The van der Waals surface area contributed by atoms with Gasteiger partial charge in [0.2, 0.25) is 11.8 Å². The third-order valence-corrected chi connectivity index (χ3v) is 11.9. The third kappa shape index (κ3) is 19.6. The van der Waals surface area contributed by atoms with E-state index in [9.17, 15) is 33.9 Å². The van der Waals surface area contributed by atoms with Gasteiger partial charge in [-0.15, -0.1) is 0 Å². The molecule has 0 bridgehead atoms. The molecule has 2 heterocycles. The normalized spacial score (nSPS) is 12.4. The minimum atomic E-state index is -0.914. The summed E-state index contributed by atoms with van der Waals surface area (Å²) in [6.07, 6.45) is 0.175. The number of phenols is 1. The van der Waals surface area contributed by atoms with Gasteiger partial charge in [0, 0.05) is 57.6 Å². The summed E-state index contributed by atoms with van der Waals surface area (Å²) in [6.45, 7) is 0.145. The van der Waals surface area contributed by atoms with Crippen molar-refractivity contribution in [2.24, 2.45) is 11.5 Å². The number of amides is 4. The quantitative estimate of drug-likeness (QED) is 0.0513. The maximum absolute atomic E-state index is 12.9. The molecule has 6 N–H and O–H groups in total. The van der Waals surface area contributed by atoms with Crippen molar-refractivity contribution < 1.29 is 166 Å². The number of carbonyl (C=O) groups is 7. The van der Waals surface area contributed by atoms with E-state index in [1.165, 1.54) is 46.8 Å². The number of hydrogen-bond acceptors (Lipinski definition) is 13. The SMILES string of the molecule is BrCc1ccc(CBr)cc1.COC(=O)CCC(C(N)=O)N1Cc2c(O)cccc2C1=O.COC(=O)CCC(C(N)=O)N1Cc2c(OCc3ccc(CBr)cc3)cccc2C1=O.O=C[O-].[K+].[K+].[OH-]. The number of esters is 2. The number of benzene rings is 4. The molecule has 17 nitrogen and oxygen atoms in total. The average molecular weight is 1170 g/mol. The first kappa shape index (κ1) is 64.4. The van der Waals surface area contributed by atoms with Crippen LogP contribution in [0.15, 0.2) is 84.9 Å². The molecule has 0 radical (unpaired) electrons. The Morgan fingerprint density at radius 2 is 1.03 bits per heavy atom. The van der Waals surface area contributed by atoms with Crippen molar-refractivity contribution in [1.82, 2.24) is 9.80 Å². The molecular weight excluding hydrogens is 1120 g/mol. The molecule has 4 aromatic carbocycles. The van der Waals surface area contributed by atoms with E-state index in [4.69, 9.17) is 26.1 Å². The van der Waals surface area contributed by atoms with E-state index in [0.29, 0.717) is 34.6 Å². The Hall–Kier alpha value is -2.56. The second kappa shape index (κ2) is 33.9. The monoisotopic (exact) mass is 1170 g/mol. The summed E-state index contributed by atoms with van der Waals surface area (Å²) in [7, 11) is 2.52. The number of primary amides is 2. The van der Waals surface area contributed by atoms with Crippen LogP contribution in [0.5, 0.6) is 11.5 Å². The van der Waals surface area contributed by atoms with E-state index < -0.39 is 42.3 Å². The number of hydrogen-bond donors (Lipinski definition) is 3. The molecule has 0 spiro atoms. The minimum Gasteiger partial charge on any atom is -0.870 e. The number of carboxylic acid groups (broad SMARTS) is 1. The van der Waals surface area contributed by atoms with Gasteiger partial charge in [-0.25, -0.2) is 0 Å². The Bertz CT molecular complexity index is 2240. The van der Waals surface area contributed by atoms with Gasteiger partial charge in [-0.3, -0.25) is 28.8 Å². The molecule has 0 saturated heterocycles. The van der Waals surface area contributed by atoms with Gasteiger partial charge in [-0.1, -0.05) is 108 Å². The number of phenolic OH excluding ortho intramolecular Hbond substituents is 1. The van der Waals surface area contributed by atoms with Crippen LogP contribution in [0, 0.1) is 0 Å². The number of nitrogens with two attached hydrogens (primary N) is 2. The van der Waals surface area contributed by atoms with Crippen LogP contribution in [0.25, 0.3) is 0 Å². The number of halogens is 3. The van der Waals surface area contributed by atoms with Crippen LogP contribution >= 0.6 is 47.8 Å². The van der Waals surface area contributed by atoms with Crippen molar-refractivity contribution in [2.75, 3.05) is 14.2 Å². The molecule has 2 unspecified atom stereocenters. The number of ether oxygens (including phenoxy) is 3. The molecule has 2 aliphatic heterocycles. The predicted octanol–water partition coefficient (Wildman–Crippen LogP) is -1.25. The Morgan fingerprint density at radius 1 is 0.672 bits per heavy atom. The summed E-state index contributed by atoms with van der Waals surface area (Å²) in [4.78, 5) is 82.3. The zero-order valence-corrected chi connectivity index (χ0v) is 48.5. The number of methoxy groups -OCH3 is 2. The van der Waals surface area contributed by atoms with Gasteiger partial charge in [0.1, 0.15) is 30.2 Å². The van der Waals surface area contributed by atoms with Gasteiger partial charge in [0.05, 0.1) is 27.3 Å². The number of nitrogens with zero attached hydrogens (tertiary/aromatic N) is 2. The first-order valence-electron chi connectivity index (χ1n) is 19.5. The van der Waals surface area contributed by atoms with Crippen molar-refractivity contribution in [3.8, 4) is 11.5 Å². The number of fused-ring (bicyclic) bond motifs is 2. The van der Waals surface area contributed by atoms with Gasteiger partial charge in [-0.05, 0) is 59.4 Å². The summed E-state index contributed by atoms with van der Waals surface area (Å²) in [5.41, 5.74) is 17.7. The zero-order valence-electron chi connectivity index (χ0n) is 37.5. The summed E-state index contributed by atoms with van der Waals surface area (Å²) < 4.78 is 15.1. The van der Waals surface area contributed by atoms with E-state index in [1.807, 2.05) is 24.3 Å². The van der Waals surface area contributed by atoms with Crippen LogP contribution < -0.4 is 124 Å². The maximum atomic E-state index is 12.9. The molecule has 0 fully saturated rings. The van der Waals surface area contributed by atoms with E-state index in [0.717, 1.165) is 21.6 Å². The largest absolute Gasteiger partial charge is 1.00 e. The maximum Gasteiger partial charge on any atom is 1.00 e. The first-order valence-corrected chi connectivity index (χ1v) is 22.8. The summed E-state index contributed by atoms with van der Waals surface area (Å²) in [5, 5.41) is 20.7. The fourth-order valence-electron chi connectivity index (χ4n) is 6.52. The van der Waals surface area contributed by atoms with Crippen LogP contribution in [0.2, 0.25) is 0 Å². The molecule has 2 aliphatic rings. The topological polar surface area (TPSA) is 279 Å². The van der Waals surface area contributed by atoms with Crippen molar-refractivity contribution in [2.45, 2.75) is 73.5 Å². The molecule has 4 amide bonds. The molecular formula is C45H49Br3K2N4O13. The van der Waals surface area contributed by atoms with Crippen LogP contribution in [-0.2, 0) is 69.1 Å². The third-order valence-electron chi connectivity index (χ3n) is 9.94. The standard InChI is InChI=1S/C22H23BrN2O5.C14H16N2O5.C8H8Br2.CH2O2.2K.H2O/c1-29-20(26)10-9-18(21(24)27)25-12-17-16(22(25)28)3-2-4-19(17)30-13-15-7-5-14(11-23)6-8-15;1-21-12(18)6-5-10(13(15)19)16-7-9-8(14(16)20)3-2-4-11(9)17;9-5-7-1-2-8(6-10)4-3-7;2-1-3;;;/h2-8,18H,9-13H2,1H3,(H2,24,27);2-4,10,17H,5-7H2,1H3,(H2,15,19);1-4H,5-6H2;1H,(H,2,3);;;1H2/q;;;;2*+1;/p-2. The average Bonchev–Trinajstić information content (AvgIpc) is 3.82. The number of aromatic hydroxyl groups is 1. The molecule has 2 atom stereocenters. The zero-order chi connectivity index (χ0) is 47.3. The fourth-order valence-corrected chi connectivity index (χ4v) is 7.64. The number of rotatable bonds is 16. The molecule has 6 rings (SSSR count). The van der Waals surface area contributed by atoms with Gasteiger partial charge in [0.15, 0.2) is 0 Å². The van der Waals surface area contributed by atoms with Gasteiger partial charge in [-0.2, -0.15) is 0 Å². The van der Waals surface area contributed by atoms with E-state index in [-0.39, 0.29) is 165 Å². The van der Waals surface area contributed by atoms with Crippen LogP contribution in [0.4, 0.5) is 0 Å². The van der Waals surface area contributed by atoms with Crippen LogP contribution in [0.1, 0.15) is 79.8 Å². The fraction of sp³-hybridized carbons (Fsp3) is 0.311. The molecule has 0 aromatic heterocycles. The van der Waals surface area contributed by atoms with Gasteiger partial charge < -0.3 is 56.0 Å². The van der Waals surface area contributed by atoms with E-state index in [1.54, 1.807) is 30.3 Å². The molecule has 4 aromatic rings. The first-order chi connectivity index (χ1) is 30.7. The molecule has 22 heteroatoms. The van der Waals surface area contributed by atoms with Crippen LogP contribution in [-0.4, -0.2) is 88.7 Å². The van der Waals surface area contributed by atoms with E-state index >= 15 is 0 Å². The van der Waals surface area contributed by atoms with Gasteiger partial charge in [0.25, 0.3) is 11.8 Å². The predicted molar refractivity (Wildman–Crippen MR) is 246 cm³/mol. The van der Waals surface area contributed by atoms with Crippen molar-refractivity contribution >= 4 is 89.8 Å². The molecule has 0 aliphatic carbocycles. The Morgan fingerprint density at radius 3 is 1.39 bits per heavy atom. The Labute approximate surface area is 498 Å². The summed E-state index contributed by atoms with van der Waals surface area (Å²) in [5.74, 6) is -2.38.